The molecule has 1 N–H and O–H groups in total. The predicted molar refractivity (Wildman–Crippen MR) is 75.8 cm³/mol. The molecule has 1 aliphatic rings. The maximum Gasteiger partial charge on any atom is 0.433 e. The fourth-order valence-electron chi connectivity index (χ4n) is 2.35. The van der Waals surface area contributed by atoms with Gasteiger partial charge in [-0.25, -0.2) is 9.97 Å². The van der Waals surface area contributed by atoms with Crippen LogP contribution in [0.5, 0.6) is 0 Å². The van der Waals surface area contributed by atoms with Crippen LogP contribution in [0.3, 0.4) is 0 Å². The number of hydrogen-bond donors (Lipinski definition) is 1. The highest BCUT2D eigenvalue weighted by molar-refractivity contribution is 6.99. The molecule has 0 amide bonds. The summed E-state index contributed by atoms with van der Waals surface area (Å²) in [5.41, 5.74) is -0.934. The Morgan fingerprint density at radius 3 is 2.64 bits per heavy atom. The molecule has 2 aromatic rings. The lowest BCUT2D eigenvalue weighted by Gasteiger charge is -2.32. The van der Waals surface area contributed by atoms with E-state index in [4.69, 9.17) is 0 Å². The molecule has 0 aromatic carbocycles. The van der Waals surface area contributed by atoms with E-state index in [0.717, 1.165) is 55.9 Å². The summed E-state index contributed by atoms with van der Waals surface area (Å²) in [4.78, 5) is 9.22. The lowest BCUT2D eigenvalue weighted by atomic mass is 10.1. The zero-order chi connectivity index (χ0) is 15.6. The number of rotatable bonds is 3. The second-order valence-electron chi connectivity index (χ2n) is 4.96. The van der Waals surface area contributed by atoms with Crippen molar-refractivity contribution in [2.24, 2.45) is 0 Å². The van der Waals surface area contributed by atoms with Crippen molar-refractivity contribution in [2.45, 2.75) is 25.1 Å². The molecule has 0 spiro atoms. The van der Waals surface area contributed by atoms with E-state index in [1.807, 2.05) is 0 Å². The topological polar surface area (TPSA) is 66.8 Å². The van der Waals surface area contributed by atoms with Gasteiger partial charge in [0.2, 0.25) is 0 Å². The minimum Gasteiger partial charge on any atom is -0.367 e. The third-order valence-electron chi connectivity index (χ3n) is 3.48. The van der Waals surface area contributed by atoms with Gasteiger partial charge in [-0.1, -0.05) is 0 Å². The van der Waals surface area contributed by atoms with Gasteiger partial charge in [-0.3, -0.25) is 0 Å². The fraction of sp³-hybridized carbons (Fsp3) is 0.500. The third-order valence-corrected chi connectivity index (χ3v) is 3.95. The lowest BCUT2D eigenvalue weighted by Crippen LogP contribution is -2.39. The van der Waals surface area contributed by atoms with Gasteiger partial charge in [-0.05, 0) is 12.8 Å². The molecule has 0 aliphatic carbocycles. The van der Waals surface area contributed by atoms with E-state index in [0.29, 0.717) is 0 Å². The first-order valence-electron chi connectivity index (χ1n) is 6.70. The molecule has 0 atom stereocenters. The summed E-state index contributed by atoms with van der Waals surface area (Å²) >= 11 is 1.16. The Morgan fingerprint density at radius 2 is 2.00 bits per heavy atom. The standard InChI is InChI=1S/C12H13F3N6S/c13-12(14,15)9-5-10(17-7-16-9)19-8-1-3-21(4-2-8)11-6-18-22-20-11/h5-8H,1-4H2,(H,16,17,19). The smallest absolute Gasteiger partial charge is 0.367 e. The van der Waals surface area contributed by atoms with Crippen molar-refractivity contribution in [3.05, 3.63) is 24.3 Å². The van der Waals surface area contributed by atoms with E-state index in [1.165, 1.54) is 0 Å². The van der Waals surface area contributed by atoms with Gasteiger partial charge >= 0.3 is 6.18 Å². The average molecular weight is 330 g/mol. The number of hydrogen-bond acceptors (Lipinski definition) is 7. The van der Waals surface area contributed by atoms with Crippen molar-refractivity contribution in [3.63, 3.8) is 0 Å². The molecule has 0 radical (unpaired) electrons. The normalized spacial score (nSPS) is 16.8. The summed E-state index contributed by atoms with van der Waals surface area (Å²) in [6, 6.07) is 1.02. The van der Waals surface area contributed by atoms with Crippen LogP contribution in [0.4, 0.5) is 24.8 Å². The molecule has 0 saturated carbocycles. The number of anilines is 2. The van der Waals surface area contributed by atoms with E-state index < -0.39 is 11.9 Å². The monoisotopic (exact) mass is 330 g/mol. The van der Waals surface area contributed by atoms with Crippen LogP contribution < -0.4 is 10.2 Å². The summed E-state index contributed by atoms with van der Waals surface area (Å²) < 4.78 is 46.0. The van der Waals surface area contributed by atoms with Gasteiger partial charge in [0.25, 0.3) is 0 Å². The molecular weight excluding hydrogens is 317 g/mol. The second-order valence-corrected chi connectivity index (χ2v) is 5.51. The van der Waals surface area contributed by atoms with Crippen LogP contribution in [-0.2, 0) is 6.18 Å². The van der Waals surface area contributed by atoms with Gasteiger partial charge in [0.15, 0.2) is 5.82 Å². The van der Waals surface area contributed by atoms with Crippen LogP contribution in [0.15, 0.2) is 18.6 Å². The van der Waals surface area contributed by atoms with Gasteiger partial charge in [0.05, 0.1) is 17.9 Å². The van der Waals surface area contributed by atoms with Gasteiger partial charge in [-0.15, -0.1) is 0 Å². The third kappa shape index (κ3) is 3.43. The zero-order valence-electron chi connectivity index (χ0n) is 11.4. The number of alkyl halides is 3. The maximum atomic E-state index is 12.6. The van der Waals surface area contributed by atoms with Gasteiger partial charge in [0, 0.05) is 25.2 Å². The molecule has 0 unspecified atom stereocenters. The van der Waals surface area contributed by atoms with Gasteiger partial charge in [0.1, 0.15) is 17.8 Å². The Balaban J connectivity index is 1.59. The first-order chi connectivity index (χ1) is 10.5. The molecule has 1 saturated heterocycles. The lowest BCUT2D eigenvalue weighted by molar-refractivity contribution is -0.141. The van der Waals surface area contributed by atoms with Crippen molar-refractivity contribution in [3.8, 4) is 0 Å². The summed E-state index contributed by atoms with van der Waals surface area (Å²) in [5.74, 6) is 1.06. The second kappa shape index (κ2) is 6.03. The predicted octanol–water partition coefficient (Wildman–Crippen LogP) is 2.43. The first-order valence-corrected chi connectivity index (χ1v) is 7.44. The molecule has 3 heterocycles. The Labute approximate surface area is 128 Å². The minimum atomic E-state index is -4.46. The highest BCUT2D eigenvalue weighted by Gasteiger charge is 2.33. The largest absolute Gasteiger partial charge is 0.433 e. The number of piperidine rings is 1. The van der Waals surface area contributed by atoms with Crippen molar-refractivity contribution in [1.29, 1.82) is 0 Å². The van der Waals surface area contributed by atoms with E-state index in [2.05, 4.69) is 28.9 Å². The van der Waals surface area contributed by atoms with E-state index in [-0.39, 0.29) is 11.9 Å². The molecule has 118 valence electrons. The summed E-state index contributed by atoms with van der Waals surface area (Å²) in [6.07, 6.45) is -0.216. The molecule has 2 aromatic heterocycles. The Morgan fingerprint density at radius 1 is 1.23 bits per heavy atom. The van der Waals surface area contributed by atoms with Crippen LogP contribution in [0.2, 0.25) is 0 Å². The Hall–Kier alpha value is -1.97. The van der Waals surface area contributed by atoms with Crippen LogP contribution in [-0.4, -0.2) is 37.8 Å². The molecule has 22 heavy (non-hydrogen) atoms. The Kier molecular flexibility index (Phi) is 4.10. The first kappa shape index (κ1) is 14.9. The Bertz CT molecular complexity index is 610. The van der Waals surface area contributed by atoms with Crippen LogP contribution >= 0.6 is 11.7 Å². The highest BCUT2D eigenvalue weighted by atomic mass is 32.1. The van der Waals surface area contributed by atoms with E-state index >= 15 is 0 Å². The van der Waals surface area contributed by atoms with Crippen LogP contribution in [0.25, 0.3) is 0 Å². The molecule has 3 rings (SSSR count). The van der Waals surface area contributed by atoms with Gasteiger partial charge in [-0.2, -0.15) is 21.9 Å². The molecule has 1 aliphatic heterocycles. The molecule has 0 bridgehead atoms. The number of aromatic nitrogens is 4. The quantitative estimate of drug-likeness (QED) is 0.932. The fourth-order valence-corrected chi connectivity index (χ4v) is 2.79. The average Bonchev–Trinajstić information content (AvgIpc) is 3.02. The summed E-state index contributed by atoms with van der Waals surface area (Å²) in [7, 11) is 0. The van der Waals surface area contributed by atoms with E-state index in [1.54, 1.807) is 6.20 Å². The van der Waals surface area contributed by atoms with Crippen LogP contribution in [0.1, 0.15) is 18.5 Å². The van der Waals surface area contributed by atoms with Crippen molar-refractivity contribution in [2.75, 3.05) is 23.3 Å². The highest BCUT2D eigenvalue weighted by Crippen LogP contribution is 2.28. The molecule has 1 fully saturated rings. The summed E-state index contributed by atoms with van der Waals surface area (Å²) in [6.45, 7) is 1.56. The molecule has 10 heteroatoms. The van der Waals surface area contributed by atoms with E-state index in [9.17, 15) is 13.2 Å². The SMILES string of the molecule is FC(F)(F)c1cc(NC2CCN(c3cnsn3)CC2)ncn1. The molecular formula is C12H13F3N6S. The maximum absolute atomic E-state index is 12.6. The molecule has 6 nitrogen and oxygen atoms in total. The number of nitrogens with zero attached hydrogens (tertiary/aromatic N) is 5. The van der Waals surface area contributed by atoms with Crippen molar-refractivity contribution in [1.82, 2.24) is 18.7 Å². The zero-order valence-corrected chi connectivity index (χ0v) is 12.2. The van der Waals surface area contributed by atoms with Crippen molar-refractivity contribution < 1.29 is 13.2 Å². The van der Waals surface area contributed by atoms with Gasteiger partial charge < -0.3 is 10.2 Å². The number of nitrogens with one attached hydrogen (secondary N) is 1. The summed E-state index contributed by atoms with van der Waals surface area (Å²) in [5, 5.41) is 3.05. The number of halogens is 3. The van der Waals surface area contributed by atoms with Crippen molar-refractivity contribution >= 4 is 23.4 Å². The van der Waals surface area contributed by atoms with Crippen LogP contribution in [0, 0.1) is 0 Å². The minimum absolute atomic E-state index is 0.0822.